The monoisotopic (exact) mass is 200 g/mol. The van der Waals surface area contributed by atoms with E-state index in [4.69, 9.17) is 5.73 Å². The summed E-state index contributed by atoms with van der Waals surface area (Å²) in [6.45, 7) is 3.94. The molecule has 82 valence electrons. The Morgan fingerprint density at radius 3 is 2.36 bits per heavy atom. The molecule has 14 heavy (non-hydrogen) atoms. The summed E-state index contributed by atoms with van der Waals surface area (Å²) in [5.41, 5.74) is 5.60. The second kappa shape index (κ2) is 7.50. The summed E-state index contributed by atoms with van der Waals surface area (Å²) in [5.74, 6) is -0.225. The van der Waals surface area contributed by atoms with Gasteiger partial charge in [-0.05, 0) is 12.8 Å². The maximum Gasteiger partial charge on any atom is 0.237 e. The Labute approximate surface area is 85.2 Å². The Balaban J connectivity index is 3.94. The quantitative estimate of drug-likeness (QED) is 0.591. The summed E-state index contributed by atoms with van der Waals surface area (Å²) < 4.78 is 0. The fourth-order valence-corrected chi connectivity index (χ4v) is 1.22. The number of hydrogen-bond acceptors (Lipinski definition) is 3. The number of aldehydes is 1. The SMILES string of the molecule is CCCC(C=O)NC(=O)[C@@H](N)CCC. The van der Waals surface area contributed by atoms with Gasteiger partial charge in [-0.3, -0.25) is 4.79 Å². The molecule has 3 N–H and O–H groups in total. The van der Waals surface area contributed by atoms with Crippen LogP contribution in [0.4, 0.5) is 0 Å². The van der Waals surface area contributed by atoms with Gasteiger partial charge in [0.25, 0.3) is 0 Å². The van der Waals surface area contributed by atoms with Gasteiger partial charge in [0, 0.05) is 0 Å². The number of nitrogens with two attached hydrogens (primary N) is 1. The molecule has 2 atom stereocenters. The molecule has 4 nitrogen and oxygen atoms in total. The van der Waals surface area contributed by atoms with Gasteiger partial charge in [-0.2, -0.15) is 0 Å². The second-order valence-corrected chi connectivity index (χ2v) is 3.44. The van der Waals surface area contributed by atoms with E-state index >= 15 is 0 Å². The van der Waals surface area contributed by atoms with Crippen molar-refractivity contribution in [3.8, 4) is 0 Å². The standard InChI is InChI=1S/C10H20N2O2/c1-3-5-8(7-13)12-10(14)9(11)6-4-2/h7-9H,3-6,11H2,1-2H3,(H,12,14)/t8?,9-/m0/s1. The predicted octanol–water partition coefficient (Wildman–Crippen LogP) is 0.598. The number of hydrogen-bond donors (Lipinski definition) is 2. The van der Waals surface area contributed by atoms with E-state index in [1.165, 1.54) is 0 Å². The molecular formula is C10H20N2O2. The summed E-state index contributed by atoms with van der Waals surface area (Å²) in [6, 6.07) is -0.866. The second-order valence-electron chi connectivity index (χ2n) is 3.44. The minimum absolute atomic E-state index is 0.225. The number of carbonyl (C=O) groups excluding carboxylic acids is 2. The van der Waals surface area contributed by atoms with Crippen LogP contribution in [0.2, 0.25) is 0 Å². The van der Waals surface area contributed by atoms with E-state index < -0.39 is 6.04 Å². The minimum Gasteiger partial charge on any atom is -0.345 e. The molecule has 0 aliphatic carbocycles. The van der Waals surface area contributed by atoms with E-state index in [-0.39, 0.29) is 11.9 Å². The minimum atomic E-state index is -0.487. The van der Waals surface area contributed by atoms with Crippen molar-refractivity contribution in [1.29, 1.82) is 0 Å². The first-order chi connectivity index (χ1) is 6.65. The first-order valence-electron chi connectivity index (χ1n) is 5.16. The molecule has 0 aliphatic rings. The molecule has 0 spiro atoms. The number of nitrogens with one attached hydrogen (secondary N) is 1. The van der Waals surface area contributed by atoms with Crippen molar-refractivity contribution < 1.29 is 9.59 Å². The number of rotatable bonds is 7. The summed E-state index contributed by atoms with van der Waals surface area (Å²) in [5, 5.41) is 2.62. The van der Waals surface area contributed by atoms with E-state index in [2.05, 4.69) is 5.32 Å². The average molecular weight is 200 g/mol. The van der Waals surface area contributed by atoms with Crippen molar-refractivity contribution in [2.24, 2.45) is 5.73 Å². The molecule has 0 aromatic heterocycles. The highest BCUT2D eigenvalue weighted by Gasteiger charge is 2.15. The molecule has 1 unspecified atom stereocenters. The zero-order valence-corrected chi connectivity index (χ0v) is 8.95. The van der Waals surface area contributed by atoms with Crippen LogP contribution in [-0.4, -0.2) is 24.3 Å². The van der Waals surface area contributed by atoms with Crippen LogP contribution in [0.1, 0.15) is 39.5 Å². The van der Waals surface area contributed by atoms with Crippen LogP contribution < -0.4 is 11.1 Å². The lowest BCUT2D eigenvalue weighted by Crippen LogP contribution is -2.45. The van der Waals surface area contributed by atoms with Gasteiger partial charge in [0.1, 0.15) is 6.29 Å². The highest BCUT2D eigenvalue weighted by molar-refractivity contribution is 5.84. The lowest BCUT2D eigenvalue weighted by Gasteiger charge is -2.15. The van der Waals surface area contributed by atoms with Gasteiger partial charge in [0.15, 0.2) is 0 Å². The summed E-state index contributed by atoms with van der Waals surface area (Å²) >= 11 is 0. The topological polar surface area (TPSA) is 72.2 Å². The van der Waals surface area contributed by atoms with Crippen LogP contribution >= 0.6 is 0 Å². The maximum absolute atomic E-state index is 11.4. The highest BCUT2D eigenvalue weighted by atomic mass is 16.2. The van der Waals surface area contributed by atoms with Crippen molar-refractivity contribution in [2.75, 3.05) is 0 Å². The largest absolute Gasteiger partial charge is 0.345 e. The lowest BCUT2D eigenvalue weighted by atomic mass is 10.1. The fourth-order valence-electron chi connectivity index (χ4n) is 1.22. The van der Waals surface area contributed by atoms with E-state index in [1.807, 2.05) is 13.8 Å². The van der Waals surface area contributed by atoms with Crippen LogP contribution in [0.15, 0.2) is 0 Å². The molecule has 0 fully saturated rings. The van der Waals surface area contributed by atoms with Crippen LogP contribution in [0.5, 0.6) is 0 Å². The van der Waals surface area contributed by atoms with Crippen LogP contribution in [0, 0.1) is 0 Å². The Bertz CT molecular complexity index is 183. The smallest absolute Gasteiger partial charge is 0.237 e. The van der Waals surface area contributed by atoms with E-state index in [9.17, 15) is 9.59 Å². The van der Waals surface area contributed by atoms with Gasteiger partial charge in [0.05, 0.1) is 12.1 Å². The maximum atomic E-state index is 11.4. The third-order valence-electron chi connectivity index (χ3n) is 2.03. The Morgan fingerprint density at radius 1 is 1.36 bits per heavy atom. The average Bonchev–Trinajstić information content (AvgIpc) is 2.17. The van der Waals surface area contributed by atoms with Gasteiger partial charge in [-0.1, -0.05) is 26.7 Å². The molecule has 0 aromatic rings. The highest BCUT2D eigenvalue weighted by Crippen LogP contribution is 1.97. The Kier molecular flexibility index (Phi) is 7.02. The summed E-state index contributed by atoms with van der Waals surface area (Å²) in [4.78, 5) is 21.9. The first-order valence-corrected chi connectivity index (χ1v) is 5.16. The van der Waals surface area contributed by atoms with Gasteiger partial charge in [-0.15, -0.1) is 0 Å². The van der Waals surface area contributed by atoms with Gasteiger partial charge < -0.3 is 15.8 Å². The molecule has 0 radical (unpaired) electrons. The normalized spacial score (nSPS) is 14.5. The van der Waals surface area contributed by atoms with Crippen molar-refractivity contribution in [3.63, 3.8) is 0 Å². The van der Waals surface area contributed by atoms with Crippen molar-refractivity contribution in [2.45, 2.75) is 51.6 Å². The number of amides is 1. The third kappa shape index (κ3) is 4.97. The summed E-state index contributed by atoms with van der Waals surface area (Å²) in [7, 11) is 0. The number of carbonyl (C=O) groups is 2. The van der Waals surface area contributed by atoms with Gasteiger partial charge in [-0.25, -0.2) is 0 Å². The predicted molar refractivity (Wildman–Crippen MR) is 55.8 cm³/mol. The van der Waals surface area contributed by atoms with Gasteiger partial charge >= 0.3 is 0 Å². The molecular weight excluding hydrogens is 180 g/mol. The van der Waals surface area contributed by atoms with Gasteiger partial charge in [0.2, 0.25) is 5.91 Å². The zero-order valence-electron chi connectivity index (χ0n) is 8.95. The molecule has 0 aliphatic heterocycles. The molecule has 1 amide bonds. The summed E-state index contributed by atoms with van der Waals surface area (Å²) in [6.07, 6.45) is 3.83. The lowest BCUT2D eigenvalue weighted by molar-refractivity contribution is -0.125. The van der Waals surface area contributed by atoms with Crippen LogP contribution in [0.3, 0.4) is 0 Å². The van der Waals surface area contributed by atoms with Crippen LogP contribution in [0.25, 0.3) is 0 Å². The molecule has 0 heterocycles. The van der Waals surface area contributed by atoms with E-state index in [0.29, 0.717) is 12.8 Å². The molecule has 0 bridgehead atoms. The van der Waals surface area contributed by atoms with Crippen molar-refractivity contribution in [3.05, 3.63) is 0 Å². The van der Waals surface area contributed by atoms with Crippen molar-refractivity contribution >= 4 is 12.2 Å². The van der Waals surface area contributed by atoms with E-state index in [0.717, 1.165) is 19.1 Å². The molecule has 0 aromatic carbocycles. The van der Waals surface area contributed by atoms with Crippen molar-refractivity contribution in [1.82, 2.24) is 5.32 Å². The Morgan fingerprint density at radius 2 is 1.93 bits per heavy atom. The molecule has 0 saturated carbocycles. The third-order valence-corrected chi connectivity index (χ3v) is 2.03. The first kappa shape index (κ1) is 13.1. The molecule has 0 saturated heterocycles. The fraction of sp³-hybridized carbons (Fsp3) is 0.800. The molecule has 4 heteroatoms. The zero-order chi connectivity index (χ0) is 11.0. The van der Waals surface area contributed by atoms with Crippen LogP contribution in [-0.2, 0) is 9.59 Å². The van der Waals surface area contributed by atoms with E-state index in [1.54, 1.807) is 0 Å². The molecule has 0 rings (SSSR count). The Hall–Kier alpha value is -0.900.